The van der Waals surface area contributed by atoms with Crippen molar-refractivity contribution >= 4 is 5.97 Å². The van der Waals surface area contributed by atoms with Gasteiger partial charge in [0.2, 0.25) is 0 Å². The lowest BCUT2D eigenvalue weighted by atomic mass is 9.71. The average Bonchev–Trinajstić information content (AvgIpc) is 3.58. The molecule has 7 aliphatic rings. The van der Waals surface area contributed by atoms with E-state index in [1.54, 1.807) is 40.2 Å². The highest BCUT2D eigenvalue weighted by atomic mass is 16.7. The van der Waals surface area contributed by atoms with Gasteiger partial charge in [-0.05, 0) is 62.8 Å². The third-order valence-corrected chi connectivity index (χ3v) is 14.5. The lowest BCUT2D eigenvalue weighted by Gasteiger charge is -2.48. The van der Waals surface area contributed by atoms with Crippen LogP contribution in [-0.2, 0) is 52.2 Å². The molecule has 4 fully saturated rings. The monoisotopic (exact) mass is 872 g/mol. The van der Waals surface area contributed by atoms with E-state index in [1.807, 2.05) is 32.1 Å². The molecule has 14 nitrogen and oxygen atoms in total. The molecule has 0 aromatic carbocycles. The zero-order chi connectivity index (χ0) is 44.7. The number of ether oxygens (including phenoxy) is 10. The quantitative estimate of drug-likeness (QED) is 0.210. The molecule has 4 saturated heterocycles. The van der Waals surface area contributed by atoms with Crippen molar-refractivity contribution < 1.29 is 67.5 Å². The number of rotatable bonds is 8. The summed E-state index contributed by atoms with van der Waals surface area (Å²) in [6, 6.07) is 0. The van der Waals surface area contributed by atoms with Gasteiger partial charge in [0.1, 0.15) is 42.0 Å². The van der Waals surface area contributed by atoms with E-state index in [-0.39, 0.29) is 42.7 Å². The Morgan fingerprint density at radius 2 is 1.60 bits per heavy atom. The molecule has 6 heterocycles. The second kappa shape index (κ2) is 19.7. The van der Waals surface area contributed by atoms with E-state index in [0.717, 1.165) is 12.0 Å². The number of carbonyl (C=O) groups excluding carboxylic acids is 1. The van der Waals surface area contributed by atoms with Crippen molar-refractivity contribution in [3.8, 4) is 0 Å². The second-order valence-electron chi connectivity index (χ2n) is 19.0. The Kier molecular flexibility index (Phi) is 15.1. The molecule has 3 N–H and O–H groups in total. The van der Waals surface area contributed by atoms with E-state index in [9.17, 15) is 20.1 Å². The molecule has 0 aromatic heterocycles. The minimum Gasteiger partial charge on any atom is -0.462 e. The largest absolute Gasteiger partial charge is 0.462 e. The zero-order valence-corrected chi connectivity index (χ0v) is 38.2. The van der Waals surface area contributed by atoms with Crippen LogP contribution in [0.2, 0.25) is 0 Å². The number of esters is 1. The number of aliphatic hydroxyl groups is 3. The lowest BCUT2D eigenvalue weighted by Crippen LogP contribution is -2.58. The molecule has 20 atom stereocenters. The molecule has 2 bridgehead atoms. The number of fused-ring (bicyclic) bond motifs is 2. The summed E-state index contributed by atoms with van der Waals surface area (Å²) in [5.41, 5.74) is 0.134. The molecular weight excluding hydrogens is 801 g/mol. The fourth-order valence-electron chi connectivity index (χ4n) is 10.6. The van der Waals surface area contributed by atoms with Gasteiger partial charge in [-0.25, -0.2) is 0 Å². The Balaban J connectivity index is 1.18. The van der Waals surface area contributed by atoms with Crippen molar-refractivity contribution in [2.75, 3.05) is 20.8 Å². The highest BCUT2D eigenvalue weighted by molar-refractivity contribution is 5.78. The fraction of sp³-hybridized carbons (Fsp3) is 0.771. The third-order valence-electron chi connectivity index (χ3n) is 14.5. The fourth-order valence-corrected chi connectivity index (χ4v) is 10.6. The summed E-state index contributed by atoms with van der Waals surface area (Å²) >= 11 is 0. The van der Waals surface area contributed by atoms with Crippen molar-refractivity contribution in [3.63, 3.8) is 0 Å². The van der Waals surface area contributed by atoms with E-state index in [2.05, 4.69) is 39.8 Å². The molecule has 0 aromatic rings. The zero-order valence-electron chi connectivity index (χ0n) is 38.2. The molecule has 0 saturated carbocycles. The number of hydrogen-bond donors (Lipinski definition) is 3. The van der Waals surface area contributed by atoms with Gasteiger partial charge >= 0.3 is 5.97 Å². The predicted molar refractivity (Wildman–Crippen MR) is 227 cm³/mol. The van der Waals surface area contributed by atoms with Gasteiger partial charge in [-0.2, -0.15) is 0 Å². The number of carbonyl (C=O) groups is 1. The first-order valence-corrected chi connectivity index (χ1v) is 22.9. The van der Waals surface area contributed by atoms with Crippen LogP contribution in [0.4, 0.5) is 0 Å². The van der Waals surface area contributed by atoms with Crippen molar-refractivity contribution in [1.82, 2.24) is 0 Å². The molecule has 6 aliphatic heterocycles. The van der Waals surface area contributed by atoms with Crippen LogP contribution in [0.15, 0.2) is 59.3 Å². The van der Waals surface area contributed by atoms with Gasteiger partial charge in [-0.1, -0.05) is 70.6 Å². The van der Waals surface area contributed by atoms with Gasteiger partial charge in [-0.3, -0.25) is 4.79 Å². The summed E-state index contributed by atoms with van der Waals surface area (Å²) < 4.78 is 63.7. The molecule has 1 aliphatic carbocycles. The Hall–Kier alpha value is -2.31. The summed E-state index contributed by atoms with van der Waals surface area (Å²) in [6.07, 6.45) is 8.55. The second-order valence-corrected chi connectivity index (χ2v) is 19.0. The summed E-state index contributed by atoms with van der Waals surface area (Å²) in [5.74, 6) is -2.56. The normalized spacial score (nSPS) is 48.3. The van der Waals surface area contributed by atoms with Crippen LogP contribution in [0.1, 0.15) is 93.9 Å². The van der Waals surface area contributed by atoms with Crippen molar-refractivity contribution in [2.45, 2.75) is 191 Å². The molecule has 348 valence electrons. The minimum atomic E-state index is -1.84. The number of allylic oxidation sites excluding steroid dienone is 2. The van der Waals surface area contributed by atoms with Gasteiger partial charge in [0.25, 0.3) is 0 Å². The summed E-state index contributed by atoms with van der Waals surface area (Å²) in [6.45, 7) is 16.1. The molecule has 0 amide bonds. The van der Waals surface area contributed by atoms with Gasteiger partial charge < -0.3 is 62.7 Å². The summed E-state index contributed by atoms with van der Waals surface area (Å²) in [4.78, 5) is 14.3. The van der Waals surface area contributed by atoms with Crippen LogP contribution in [-0.4, -0.2) is 139 Å². The smallest absolute Gasteiger partial charge is 0.316 e. The van der Waals surface area contributed by atoms with Crippen molar-refractivity contribution in [1.29, 1.82) is 0 Å². The number of aliphatic hydroxyl groups excluding tert-OH is 2. The Bertz CT molecular complexity index is 1730. The van der Waals surface area contributed by atoms with Gasteiger partial charge in [0.05, 0.1) is 49.3 Å². The summed E-state index contributed by atoms with van der Waals surface area (Å²) in [7, 11) is 3.22. The number of hydrogen-bond acceptors (Lipinski definition) is 14. The first kappa shape index (κ1) is 47.6. The van der Waals surface area contributed by atoms with Crippen LogP contribution in [0.25, 0.3) is 0 Å². The molecule has 1 spiro atoms. The standard InChI is InChI=1S/C48H72O14/c1-11-25(2)43-28(5)17-18-47(62-43)23-34-20-33(61-47)16-15-27(4)42(26(3)13-12-14-32-24-55-45-40(49)29(6)19-35(46(51)58-34)48(32,45)52)59-39-22-37(54-10)44(31(8)57-39)60-38-21-36(53-9)41(50)30(7)56-38/h12-15,17-19,25-26,28,30-31,33-45,49-50,52H,11,16,20-24H2,1-10H3/b13-12-,27-15-,32-14?. The van der Waals surface area contributed by atoms with E-state index in [1.165, 1.54) is 0 Å². The third kappa shape index (κ3) is 9.64. The minimum absolute atomic E-state index is 0.0317. The van der Waals surface area contributed by atoms with Crippen LogP contribution >= 0.6 is 0 Å². The maximum absolute atomic E-state index is 14.3. The Morgan fingerprint density at radius 3 is 2.32 bits per heavy atom. The van der Waals surface area contributed by atoms with E-state index in [0.29, 0.717) is 43.3 Å². The maximum Gasteiger partial charge on any atom is 0.316 e. The van der Waals surface area contributed by atoms with E-state index >= 15 is 0 Å². The first-order chi connectivity index (χ1) is 29.5. The van der Waals surface area contributed by atoms with Crippen LogP contribution < -0.4 is 0 Å². The van der Waals surface area contributed by atoms with E-state index < -0.39 is 90.8 Å². The Morgan fingerprint density at radius 1 is 0.887 bits per heavy atom. The predicted octanol–water partition coefficient (Wildman–Crippen LogP) is 5.38. The first-order valence-electron chi connectivity index (χ1n) is 22.9. The molecule has 0 radical (unpaired) electrons. The van der Waals surface area contributed by atoms with Gasteiger partial charge in [-0.15, -0.1) is 0 Å². The molecule has 20 unspecified atom stereocenters. The van der Waals surface area contributed by atoms with Crippen LogP contribution in [0, 0.1) is 23.7 Å². The Labute approximate surface area is 367 Å². The molecule has 14 heteroatoms. The van der Waals surface area contributed by atoms with Gasteiger partial charge in [0, 0.05) is 51.7 Å². The van der Waals surface area contributed by atoms with Gasteiger partial charge in [0.15, 0.2) is 18.4 Å². The van der Waals surface area contributed by atoms with Crippen molar-refractivity contribution in [2.24, 2.45) is 23.7 Å². The molecule has 7 rings (SSSR count). The number of methoxy groups -OCH3 is 2. The SMILES string of the molecule is CCC(C)C1OC2(C=CC1C)CC1CC(C/C=C(/C)C(OC3CC(OC)C(OC4CC(OC)C(O)C(C)O4)C(C)O3)C(C)/C=C\C=C3COC4C(O)C(C)=CC(C(=O)O1)C34O)O2. The topological polar surface area (TPSA) is 170 Å². The average molecular weight is 873 g/mol. The highest BCUT2D eigenvalue weighted by Gasteiger charge is 2.60. The maximum atomic E-state index is 14.3. The molecule has 62 heavy (non-hydrogen) atoms. The van der Waals surface area contributed by atoms with Crippen molar-refractivity contribution in [3.05, 3.63) is 59.3 Å². The van der Waals surface area contributed by atoms with E-state index in [4.69, 9.17) is 47.4 Å². The van der Waals surface area contributed by atoms with Crippen LogP contribution in [0.5, 0.6) is 0 Å². The highest BCUT2D eigenvalue weighted by Crippen LogP contribution is 2.47. The molecular formula is C48H72O14. The summed E-state index contributed by atoms with van der Waals surface area (Å²) in [5, 5.41) is 34.2. The van der Waals surface area contributed by atoms with Crippen LogP contribution in [0.3, 0.4) is 0 Å². The lowest BCUT2D eigenvalue weighted by molar-refractivity contribution is -0.318.